The maximum Gasteiger partial charge on any atom is 0.180 e. The smallest absolute Gasteiger partial charge is 0.180 e. The van der Waals surface area contributed by atoms with Crippen molar-refractivity contribution < 1.29 is 9.47 Å². The van der Waals surface area contributed by atoms with Gasteiger partial charge >= 0.3 is 0 Å². The van der Waals surface area contributed by atoms with E-state index in [1.54, 1.807) is 0 Å². The monoisotopic (exact) mass is 267 g/mol. The highest BCUT2D eigenvalue weighted by Gasteiger charge is 2.45. The van der Waals surface area contributed by atoms with Gasteiger partial charge in [0.1, 0.15) is 13.2 Å². The van der Waals surface area contributed by atoms with Crippen LogP contribution in [0.25, 0.3) is 0 Å². The number of halogens is 1. The largest absolute Gasteiger partial charge is 0.486 e. The summed E-state index contributed by atoms with van der Waals surface area (Å²) in [4.78, 5) is 0. The average Bonchev–Trinajstić information content (AvgIpc) is 3.20. The molecule has 1 heterocycles. The van der Waals surface area contributed by atoms with E-state index in [-0.39, 0.29) is 5.41 Å². The second-order valence-corrected chi connectivity index (χ2v) is 5.48. The zero-order valence-corrected chi connectivity index (χ0v) is 11.3. The summed E-state index contributed by atoms with van der Waals surface area (Å²) in [5.41, 5.74) is 8.55. The molecule has 0 saturated heterocycles. The molecule has 0 spiro atoms. The minimum absolute atomic E-state index is 0.130. The molecule has 18 heavy (non-hydrogen) atoms. The van der Waals surface area contributed by atoms with E-state index in [0.717, 1.165) is 25.0 Å². The standard InChI is InChI=1S/C14H18ClNO2/c1-2-9-10(14(8-16)3-4-14)7-11(15)13-12(9)17-5-6-18-13/h7H,2-6,8,16H2,1H3. The number of fused-ring (bicyclic) bond motifs is 1. The van der Waals surface area contributed by atoms with Crippen molar-refractivity contribution in [2.24, 2.45) is 5.73 Å². The summed E-state index contributed by atoms with van der Waals surface area (Å²) in [7, 11) is 0. The highest BCUT2D eigenvalue weighted by Crippen LogP contribution is 2.53. The molecule has 4 heteroatoms. The van der Waals surface area contributed by atoms with E-state index < -0.39 is 0 Å². The Morgan fingerprint density at radius 3 is 2.50 bits per heavy atom. The van der Waals surface area contributed by atoms with Gasteiger partial charge in [0, 0.05) is 17.5 Å². The summed E-state index contributed by atoms with van der Waals surface area (Å²) in [6, 6.07) is 2.04. The van der Waals surface area contributed by atoms with Gasteiger partial charge in [0.15, 0.2) is 11.5 Å². The van der Waals surface area contributed by atoms with Gasteiger partial charge in [-0.05, 0) is 30.9 Å². The zero-order valence-electron chi connectivity index (χ0n) is 10.6. The van der Waals surface area contributed by atoms with Gasteiger partial charge in [-0.2, -0.15) is 0 Å². The predicted octanol–water partition coefficient (Wildman–Crippen LogP) is 2.66. The highest BCUT2D eigenvalue weighted by atomic mass is 35.5. The van der Waals surface area contributed by atoms with Crippen molar-refractivity contribution in [1.82, 2.24) is 0 Å². The van der Waals surface area contributed by atoms with Crippen LogP contribution in [0.5, 0.6) is 11.5 Å². The van der Waals surface area contributed by atoms with Crippen molar-refractivity contribution in [2.75, 3.05) is 19.8 Å². The number of hydrogen-bond acceptors (Lipinski definition) is 3. The topological polar surface area (TPSA) is 44.5 Å². The molecule has 1 aliphatic heterocycles. The molecule has 3 nitrogen and oxygen atoms in total. The number of hydrogen-bond donors (Lipinski definition) is 1. The number of nitrogens with two attached hydrogens (primary N) is 1. The van der Waals surface area contributed by atoms with E-state index in [0.29, 0.717) is 30.5 Å². The van der Waals surface area contributed by atoms with Crippen molar-refractivity contribution in [3.8, 4) is 11.5 Å². The van der Waals surface area contributed by atoms with E-state index >= 15 is 0 Å². The summed E-state index contributed by atoms with van der Waals surface area (Å²) in [6.45, 7) is 3.97. The van der Waals surface area contributed by atoms with Crippen LogP contribution >= 0.6 is 11.6 Å². The Balaban J connectivity index is 2.17. The van der Waals surface area contributed by atoms with Gasteiger partial charge < -0.3 is 15.2 Å². The third-order valence-electron chi connectivity index (χ3n) is 4.04. The molecule has 2 N–H and O–H groups in total. The van der Waals surface area contributed by atoms with Crippen LogP contribution in [0.4, 0.5) is 0 Å². The van der Waals surface area contributed by atoms with Crippen LogP contribution in [0.3, 0.4) is 0 Å². The van der Waals surface area contributed by atoms with Gasteiger partial charge in [-0.1, -0.05) is 18.5 Å². The van der Waals surface area contributed by atoms with E-state index in [2.05, 4.69) is 6.92 Å². The Morgan fingerprint density at radius 1 is 1.28 bits per heavy atom. The molecule has 1 aromatic rings. The fourth-order valence-corrected chi connectivity index (χ4v) is 3.03. The van der Waals surface area contributed by atoms with Crippen LogP contribution < -0.4 is 15.2 Å². The van der Waals surface area contributed by atoms with Crippen LogP contribution in [0.2, 0.25) is 5.02 Å². The van der Waals surface area contributed by atoms with Gasteiger partial charge in [0.05, 0.1) is 5.02 Å². The predicted molar refractivity (Wildman–Crippen MR) is 71.8 cm³/mol. The van der Waals surface area contributed by atoms with Gasteiger partial charge in [0.25, 0.3) is 0 Å². The quantitative estimate of drug-likeness (QED) is 0.916. The fraction of sp³-hybridized carbons (Fsp3) is 0.571. The lowest BCUT2D eigenvalue weighted by molar-refractivity contribution is 0.170. The highest BCUT2D eigenvalue weighted by molar-refractivity contribution is 6.32. The van der Waals surface area contributed by atoms with Crippen LogP contribution in [0.1, 0.15) is 30.9 Å². The van der Waals surface area contributed by atoms with E-state index in [9.17, 15) is 0 Å². The van der Waals surface area contributed by atoms with Crippen molar-refractivity contribution in [1.29, 1.82) is 0 Å². The minimum atomic E-state index is 0.130. The fourth-order valence-electron chi connectivity index (χ4n) is 2.78. The Bertz CT molecular complexity index is 483. The molecule has 0 bridgehead atoms. The zero-order chi connectivity index (χ0) is 12.8. The molecule has 3 rings (SSSR count). The third kappa shape index (κ3) is 1.69. The molecular weight excluding hydrogens is 250 g/mol. The second kappa shape index (κ2) is 4.32. The summed E-state index contributed by atoms with van der Waals surface area (Å²) in [6.07, 6.45) is 3.21. The lowest BCUT2D eigenvalue weighted by Gasteiger charge is -2.26. The van der Waals surface area contributed by atoms with Crippen LogP contribution in [-0.4, -0.2) is 19.8 Å². The Labute approximate surface area is 112 Å². The van der Waals surface area contributed by atoms with Gasteiger partial charge in [-0.25, -0.2) is 0 Å². The normalized spacial score (nSPS) is 19.7. The Kier molecular flexibility index (Phi) is 2.91. The van der Waals surface area contributed by atoms with Crippen molar-refractivity contribution in [3.05, 3.63) is 22.2 Å². The van der Waals surface area contributed by atoms with Crippen molar-refractivity contribution >= 4 is 11.6 Å². The molecular formula is C14H18ClNO2. The molecule has 0 atom stereocenters. The first-order valence-corrected chi connectivity index (χ1v) is 6.91. The van der Waals surface area contributed by atoms with Crippen molar-refractivity contribution in [3.63, 3.8) is 0 Å². The number of benzene rings is 1. The first-order valence-electron chi connectivity index (χ1n) is 6.53. The van der Waals surface area contributed by atoms with E-state index in [4.69, 9.17) is 26.8 Å². The summed E-state index contributed by atoms with van der Waals surface area (Å²) in [5, 5.41) is 0.650. The van der Waals surface area contributed by atoms with Crippen LogP contribution in [0.15, 0.2) is 6.07 Å². The summed E-state index contributed by atoms with van der Waals surface area (Å²) < 4.78 is 11.4. The number of rotatable bonds is 3. The lowest BCUT2D eigenvalue weighted by Crippen LogP contribution is -2.24. The minimum Gasteiger partial charge on any atom is -0.486 e. The van der Waals surface area contributed by atoms with E-state index in [1.165, 1.54) is 11.1 Å². The molecule has 2 aliphatic rings. The first kappa shape index (κ1) is 12.1. The summed E-state index contributed by atoms with van der Waals surface area (Å²) >= 11 is 6.32. The molecule has 0 aromatic heterocycles. The van der Waals surface area contributed by atoms with Crippen LogP contribution in [0, 0.1) is 0 Å². The molecule has 1 aromatic carbocycles. The molecule has 98 valence electrons. The maximum absolute atomic E-state index is 6.32. The van der Waals surface area contributed by atoms with Crippen LogP contribution in [-0.2, 0) is 11.8 Å². The van der Waals surface area contributed by atoms with Crippen molar-refractivity contribution in [2.45, 2.75) is 31.6 Å². The molecule has 1 aliphatic carbocycles. The van der Waals surface area contributed by atoms with Gasteiger partial charge in [-0.15, -0.1) is 0 Å². The molecule has 0 amide bonds. The Hall–Kier alpha value is -0.930. The Morgan fingerprint density at radius 2 is 1.94 bits per heavy atom. The third-order valence-corrected chi connectivity index (χ3v) is 4.32. The lowest BCUT2D eigenvalue weighted by atomic mass is 9.89. The average molecular weight is 268 g/mol. The number of ether oxygens (including phenoxy) is 2. The summed E-state index contributed by atoms with van der Waals surface area (Å²) in [5.74, 6) is 1.54. The molecule has 0 unspecified atom stereocenters. The molecule has 1 fully saturated rings. The van der Waals surface area contributed by atoms with Gasteiger partial charge in [0.2, 0.25) is 0 Å². The SMILES string of the molecule is CCc1c(C2(CN)CC2)cc(Cl)c2c1OCCO2. The molecule has 0 radical (unpaired) electrons. The first-order chi connectivity index (χ1) is 8.72. The van der Waals surface area contributed by atoms with Gasteiger partial charge in [-0.3, -0.25) is 0 Å². The second-order valence-electron chi connectivity index (χ2n) is 5.08. The molecule has 1 saturated carbocycles. The van der Waals surface area contributed by atoms with E-state index in [1.807, 2.05) is 6.07 Å². The maximum atomic E-state index is 6.32.